The van der Waals surface area contributed by atoms with Gasteiger partial charge in [0.2, 0.25) is 0 Å². The van der Waals surface area contributed by atoms with Crippen LogP contribution in [0.25, 0.3) is 10.2 Å². The average Bonchev–Trinajstić information content (AvgIpc) is 3.08. The Kier molecular flexibility index (Phi) is 6.35. The average molecular weight is 459 g/mol. The van der Waals surface area contributed by atoms with Crippen molar-refractivity contribution < 1.29 is 27.5 Å². The van der Waals surface area contributed by atoms with Crippen LogP contribution >= 0.6 is 11.3 Å². The first-order valence-electron chi connectivity index (χ1n) is 9.85. The van der Waals surface area contributed by atoms with E-state index in [-0.39, 0.29) is 27.6 Å². The van der Waals surface area contributed by atoms with Crippen molar-refractivity contribution in [2.75, 3.05) is 25.0 Å². The van der Waals surface area contributed by atoms with E-state index in [1.165, 1.54) is 12.4 Å². The van der Waals surface area contributed by atoms with Gasteiger partial charge in [-0.1, -0.05) is 0 Å². The smallest absolute Gasteiger partial charge is 0.417 e. The third-order valence-corrected chi connectivity index (χ3v) is 5.83. The first kappa shape index (κ1) is 23.1. The van der Waals surface area contributed by atoms with Crippen molar-refractivity contribution in [1.29, 1.82) is 0 Å². The summed E-state index contributed by atoms with van der Waals surface area (Å²) < 4.78 is 46.3. The van der Waals surface area contributed by atoms with E-state index >= 15 is 0 Å². The summed E-state index contributed by atoms with van der Waals surface area (Å²) >= 11 is 0.855. The Balaban J connectivity index is 1.82. The van der Waals surface area contributed by atoms with Crippen molar-refractivity contribution >= 4 is 39.4 Å². The number of alkyl carbamates (subject to hydrolysis) is 1. The Morgan fingerprint density at radius 2 is 1.87 bits per heavy atom. The zero-order chi connectivity index (χ0) is 23.0. The van der Waals surface area contributed by atoms with E-state index in [1.807, 2.05) is 0 Å². The van der Waals surface area contributed by atoms with Crippen LogP contribution in [-0.2, 0) is 10.9 Å². The van der Waals surface area contributed by atoms with Crippen LogP contribution in [0.5, 0.6) is 0 Å². The summed E-state index contributed by atoms with van der Waals surface area (Å²) in [6, 6.07) is 0.896. The Hall–Kier alpha value is -2.56. The van der Waals surface area contributed by atoms with Gasteiger partial charge in [0.15, 0.2) is 0 Å². The fourth-order valence-corrected chi connectivity index (χ4v) is 4.41. The predicted octanol–water partition coefficient (Wildman–Crippen LogP) is 4.17. The molecule has 0 unspecified atom stereocenters. The lowest BCUT2D eigenvalue weighted by atomic mass is 10.0. The topological polar surface area (TPSA) is 83.6 Å². The number of thiophene rings is 1. The highest BCUT2D eigenvalue weighted by molar-refractivity contribution is 7.17. The summed E-state index contributed by atoms with van der Waals surface area (Å²) in [5.74, 6) is -0.316. The van der Waals surface area contributed by atoms with Gasteiger partial charge in [0.05, 0.1) is 21.3 Å². The molecule has 1 aliphatic heterocycles. The van der Waals surface area contributed by atoms with E-state index in [4.69, 9.17) is 4.74 Å². The van der Waals surface area contributed by atoms with Crippen LogP contribution in [-0.4, -0.2) is 48.8 Å². The largest absolute Gasteiger partial charge is 0.444 e. The zero-order valence-corrected chi connectivity index (χ0v) is 18.5. The van der Waals surface area contributed by atoms with Gasteiger partial charge in [-0.3, -0.25) is 4.79 Å². The highest BCUT2D eigenvalue weighted by Crippen LogP contribution is 2.40. The molecule has 0 radical (unpaired) electrons. The third-order valence-electron chi connectivity index (χ3n) is 4.83. The van der Waals surface area contributed by atoms with Crippen molar-refractivity contribution in [1.82, 2.24) is 15.6 Å². The number of ether oxygens (including phenoxy) is 1. The highest BCUT2D eigenvalue weighted by Gasteiger charge is 2.36. The number of amides is 2. The number of anilines is 1. The summed E-state index contributed by atoms with van der Waals surface area (Å²) in [5, 5.41) is 6.63. The Labute approximate surface area is 182 Å². The Morgan fingerprint density at radius 3 is 2.42 bits per heavy atom. The molecule has 3 heterocycles. The van der Waals surface area contributed by atoms with Gasteiger partial charge in [0.25, 0.3) is 5.91 Å². The van der Waals surface area contributed by atoms with Crippen molar-refractivity contribution in [3.8, 4) is 0 Å². The van der Waals surface area contributed by atoms with Crippen molar-refractivity contribution in [3.05, 3.63) is 22.6 Å². The van der Waals surface area contributed by atoms with Gasteiger partial charge in [0, 0.05) is 31.6 Å². The molecule has 31 heavy (non-hydrogen) atoms. The molecule has 2 aromatic rings. The molecule has 3 rings (SSSR count). The lowest BCUT2D eigenvalue weighted by molar-refractivity contribution is -0.136. The van der Waals surface area contributed by atoms with E-state index < -0.39 is 29.3 Å². The van der Waals surface area contributed by atoms with Crippen LogP contribution in [0, 0.1) is 0 Å². The molecule has 0 spiro atoms. The highest BCUT2D eigenvalue weighted by atomic mass is 32.1. The molecule has 0 bridgehead atoms. The summed E-state index contributed by atoms with van der Waals surface area (Å²) in [5.41, 5.74) is -1.25. The third kappa shape index (κ3) is 5.38. The fourth-order valence-electron chi connectivity index (χ4n) is 3.39. The number of piperidine rings is 1. The van der Waals surface area contributed by atoms with Gasteiger partial charge in [0.1, 0.15) is 11.4 Å². The van der Waals surface area contributed by atoms with E-state index in [0.717, 1.165) is 17.4 Å². The number of carbonyl (C=O) groups is 2. The van der Waals surface area contributed by atoms with E-state index in [1.54, 1.807) is 25.7 Å². The number of fused-ring (bicyclic) bond motifs is 1. The second-order valence-electron chi connectivity index (χ2n) is 8.34. The number of carbonyl (C=O) groups excluding carboxylic acids is 2. The van der Waals surface area contributed by atoms with Gasteiger partial charge >= 0.3 is 12.3 Å². The lowest BCUT2D eigenvalue weighted by Gasteiger charge is -2.34. The molecule has 0 atom stereocenters. The summed E-state index contributed by atoms with van der Waals surface area (Å²) in [7, 11) is 1.42. The number of pyridine rings is 1. The number of nitrogens with zero attached hydrogens (tertiary/aromatic N) is 2. The first-order chi connectivity index (χ1) is 14.4. The second kappa shape index (κ2) is 8.52. The number of hydrogen-bond acceptors (Lipinski definition) is 6. The van der Waals surface area contributed by atoms with Gasteiger partial charge in [-0.15, -0.1) is 11.3 Å². The minimum Gasteiger partial charge on any atom is -0.444 e. The summed E-state index contributed by atoms with van der Waals surface area (Å²) in [6.07, 6.45) is -4.02. The summed E-state index contributed by atoms with van der Waals surface area (Å²) in [4.78, 5) is 30.2. The zero-order valence-electron chi connectivity index (χ0n) is 17.7. The van der Waals surface area contributed by atoms with E-state index in [2.05, 4.69) is 15.6 Å². The maximum atomic E-state index is 13.7. The van der Waals surface area contributed by atoms with Crippen LogP contribution < -0.4 is 15.5 Å². The van der Waals surface area contributed by atoms with E-state index in [9.17, 15) is 22.8 Å². The maximum absolute atomic E-state index is 13.7. The van der Waals surface area contributed by atoms with Crippen LogP contribution in [0.3, 0.4) is 0 Å². The molecule has 11 heteroatoms. The van der Waals surface area contributed by atoms with Crippen LogP contribution in [0.1, 0.15) is 49.5 Å². The van der Waals surface area contributed by atoms with Gasteiger partial charge < -0.3 is 20.3 Å². The van der Waals surface area contributed by atoms with Crippen LogP contribution in [0.15, 0.2) is 11.4 Å². The molecule has 170 valence electrons. The molecular weight excluding hydrogens is 433 g/mol. The standard InChI is InChI=1S/C20H25F3N4O3S/c1-19(2,3)30-18(29)25-11-5-7-27(8-6-11)14-9-13(20(21,22)23)16-15(26-14)12(10-31-16)17(28)24-4/h9-11H,5-8H2,1-4H3,(H,24,28)(H,25,29). The Morgan fingerprint density at radius 1 is 1.23 bits per heavy atom. The molecule has 2 aromatic heterocycles. The van der Waals surface area contributed by atoms with E-state index in [0.29, 0.717) is 25.9 Å². The van der Waals surface area contributed by atoms with Crippen molar-refractivity contribution in [3.63, 3.8) is 0 Å². The number of alkyl halides is 3. The number of nitrogens with one attached hydrogen (secondary N) is 2. The number of aromatic nitrogens is 1. The van der Waals surface area contributed by atoms with Gasteiger partial charge in [-0.05, 0) is 39.7 Å². The first-order valence-corrected chi connectivity index (χ1v) is 10.7. The number of rotatable bonds is 3. The SMILES string of the molecule is CNC(=O)c1csc2c(C(F)(F)F)cc(N3CCC(NC(=O)OC(C)(C)C)CC3)nc12. The number of hydrogen-bond donors (Lipinski definition) is 2. The van der Waals surface area contributed by atoms with Crippen molar-refractivity contribution in [2.45, 2.75) is 51.4 Å². The van der Waals surface area contributed by atoms with Crippen LogP contribution in [0.2, 0.25) is 0 Å². The fraction of sp³-hybridized carbons (Fsp3) is 0.550. The van der Waals surface area contributed by atoms with Crippen molar-refractivity contribution in [2.24, 2.45) is 0 Å². The Bertz CT molecular complexity index is 976. The second-order valence-corrected chi connectivity index (χ2v) is 9.22. The number of halogens is 3. The summed E-state index contributed by atoms with van der Waals surface area (Å²) in [6.45, 7) is 6.14. The molecule has 0 aliphatic carbocycles. The molecule has 0 saturated carbocycles. The predicted molar refractivity (Wildman–Crippen MR) is 113 cm³/mol. The molecule has 1 aliphatic rings. The monoisotopic (exact) mass is 458 g/mol. The van der Waals surface area contributed by atoms with Crippen LogP contribution in [0.4, 0.5) is 23.8 Å². The maximum Gasteiger partial charge on any atom is 0.417 e. The molecule has 0 aromatic carbocycles. The van der Waals surface area contributed by atoms with Gasteiger partial charge in [-0.2, -0.15) is 13.2 Å². The van der Waals surface area contributed by atoms with Gasteiger partial charge in [-0.25, -0.2) is 9.78 Å². The minimum atomic E-state index is -4.57. The molecular formula is C20H25F3N4O3S. The molecule has 2 N–H and O–H groups in total. The molecule has 7 nitrogen and oxygen atoms in total. The quantitative estimate of drug-likeness (QED) is 0.722. The normalized spacial score (nSPS) is 15.8. The molecule has 1 fully saturated rings. The lowest BCUT2D eigenvalue weighted by Crippen LogP contribution is -2.46. The molecule has 1 saturated heterocycles. The molecule has 2 amide bonds. The minimum absolute atomic E-state index is 0.0446.